The molecule has 2 rings (SSSR count). The van der Waals surface area contributed by atoms with Crippen molar-refractivity contribution in [1.29, 1.82) is 0 Å². The number of ether oxygens (including phenoxy) is 1. The maximum absolute atomic E-state index is 12.3. The van der Waals surface area contributed by atoms with Crippen molar-refractivity contribution in [2.45, 2.75) is 50.6 Å². The molecule has 2 atom stereocenters. The monoisotopic (exact) mass is 296 g/mol. The van der Waals surface area contributed by atoms with Crippen LogP contribution in [0.2, 0.25) is 0 Å². The number of aliphatic hydroxyl groups excluding tert-OH is 1. The summed E-state index contributed by atoms with van der Waals surface area (Å²) in [6, 6.07) is 0.588. The zero-order valence-electron chi connectivity index (χ0n) is 12.9. The van der Waals surface area contributed by atoms with Gasteiger partial charge in [-0.25, -0.2) is 4.79 Å². The third-order valence-electron chi connectivity index (χ3n) is 4.60. The predicted octanol–water partition coefficient (Wildman–Crippen LogP) is 2.01. The Kier molecular flexibility index (Phi) is 6.51. The van der Waals surface area contributed by atoms with Gasteiger partial charge in [0, 0.05) is 19.1 Å². The SMILES string of the molecule is C=CCOC(=O)N1CCCC[C@H]1[C@@H]1CCCCN1CCO. The highest BCUT2D eigenvalue weighted by atomic mass is 16.6. The molecule has 0 unspecified atom stereocenters. The van der Waals surface area contributed by atoms with Crippen molar-refractivity contribution in [3.8, 4) is 0 Å². The summed E-state index contributed by atoms with van der Waals surface area (Å²) in [5.41, 5.74) is 0. The highest BCUT2D eigenvalue weighted by Gasteiger charge is 2.37. The van der Waals surface area contributed by atoms with Gasteiger partial charge in [0.1, 0.15) is 6.61 Å². The van der Waals surface area contributed by atoms with Gasteiger partial charge in [-0.3, -0.25) is 4.90 Å². The Bertz CT molecular complexity index is 346. The summed E-state index contributed by atoms with van der Waals surface area (Å²) in [7, 11) is 0. The minimum Gasteiger partial charge on any atom is -0.445 e. The number of rotatable bonds is 5. The summed E-state index contributed by atoms with van der Waals surface area (Å²) in [4.78, 5) is 16.5. The number of β-amino-alcohol motifs (C(OH)–C–C–N with tert-alkyl or cyclic N) is 1. The van der Waals surface area contributed by atoms with Crippen LogP contribution in [-0.2, 0) is 4.74 Å². The van der Waals surface area contributed by atoms with Crippen LogP contribution in [0, 0.1) is 0 Å². The van der Waals surface area contributed by atoms with E-state index in [1.807, 2.05) is 4.90 Å². The number of hydrogen-bond acceptors (Lipinski definition) is 4. The molecule has 2 fully saturated rings. The maximum Gasteiger partial charge on any atom is 0.410 e. The molecule has 2 saturated heterocycles. The molecule has 1 amide bonds. The quantitative estimate of drug-likeness (QED) is 0.789. The van der Waals surface area contributed by atoms with Crippen molar-refractivity contribution in [3.63, 3.8) is 0 Å². The van der Waals surface area contributed by atoms with E-state index < -0.39 is 0 Å². The van der Waals surface area contributed by atoms with Crippen LogP contribution in [0.3, 0.4) is 0 Å². The van der Waals surface area contributed by atoms with E-state index in [4.69, 9.17) is 4.74 Å². The molecule has 2 aliphatic heterocycles. The normalized spacial score (nSPS) is 27.4. The number of piperidine rings is 2. The molecule has 120 valence electrons. The predicted molar refractivity (Wildman–Crippen MR) is 82.2 cm³/mol. The molecule has 2 aliphatic rings. The third kappa shape index (κ3) is 4.20. The van der Waals surface area contributed by atoms with E-state index in [2.05, 4.69) is 11.5 Å². The lowest BCUT2D eigenvalue weighted by Gasteiger charge is -2.46. The molecule has 0 aromatic rings. The van der Waals surface area contributed by atoms with Gasteiger partial charge < -0.3 is 14.7 Å². The first kappa shape index (κ1) is 16.3. The van der Waals surface area contributed by atoms with Crippen LogP contribution in [0.25, 0.3) is 0 Å². The second-order valence-electron chi connectivity index (χ2n) is 5.94. The highest BCUT2D eigenvalue weighted by Crippen LogP contribution is 2.29. The van der Waals surface area contributed by atoms with Crippen molar-refractivity contribution in [2.75, 3.05) is 32.8 Å². The number of hydrogen-bond donors (Lipinski definition) is 1. The minimum absolute atomic E-state index is 0.185. The lowest BCUT2D eigenvalue weighted by molar-refractivity contribution is 0.0184. The zero-order chi connectivity index (χ0) is 15.1. The molecule has 1 N–H and O–H groups in total. The van der Waals surface area contributed by atoms with E-state index in [9.17, 15) is 9.90 Å². The van der Waals surface area contributed by atoms with Crippen LogP contribution in [-0.4, -0.2) is 65.9 Å². The topological polar surface area (TPSA) is 53.0 Å². The fourth-order valence-corrected chi connectivity index (χ4v) is 3.66. The standard InChI is InChI=1S/C16H28N2O3/c1-2-13-21-16(20)18-10-6-4-8-15(18)14-7-3-5-9-17(14)11-12-19/h2,14-15,19H,1,3-13H2/t14-,15-/m0/s1. The summed E-state index contributed by atoms with van der Waals surface area (Å²) < 4.78 is 5.25. The van der Waals surface area contributed by atoms with Gasteiger partial charge >= 0.3 is 6.09 Å². The molecule has 21 heavy (non-hydrogen) atoms. The Morgan fingerprint density at radius 2 is 1.90 bits per heavy atom. The van der Waals surface area contributed by atoms with Gasteiger partial charge in [-0.05, 0) is 38.6 Å². The molecular formula is C16H28N2O3. The van der Waals surface area contributed by atoms with E-state index in [1.165, 1.54) is 19.3 Å². The average Bonchev–Trinajstić information content (AvgIpc) is 2.53. The van der Waals surface area contributed by atoms with Gasteiger partial charge in [0.25, 0.3) is 0 Å². The Balaban J connectivity index is 2.05. The Morgan fingerprint density at radius 1 is 1.19 bits per heavy atom. The number of aliphatic hydroxyl groups is 1. The van der Waals surface area contributed by atoms with Crippen LogP contribution in [0.4, 0.5) is 4.79 Å². The third-order valence-corrected chi connectivity index (χ3v) is 4.60. The Labute approximate surface area is 127 Å². The molecule has 0 spiro atoms. The first-order chi connectivity index (χ1) is 10.3. The molecule has 0 aliphatic carbocycles. The van der Waals surface area contributed by atoms with Gasteiger partial charge in [0.05, 0.1) is 12.6 Å². The van der Waals surface area contributed by atoms with Crippen LogP contribution >= 0.6 is 0 Å². The van der Waals surface area contributed by atoms with Gasteiger partial charge in [-0.15, -0.1) is 0 Å². The van der Waals surface area contributed by atoms with Crippen molar-refractivity contribution in [1.82, 2.24) is 9.80 Å². The second-order valence-corrected chi connectivity index (χ2v) is 5.94. The number of carbonyl (C=O) groups excluding carboxylic acids is 1. The lowest BCUT2D eigenvalue weighted by Crippen LogP contribution is -2.57. The lowest BCUT2D eigenvalue weighted by atomic mass is 9.89. The number of amides is 1. The van der Waals surface area contributed by atoms with E-state index in [0.717, 1.165) is 32.4 Å². The average molecular weight is 296 g/mol. The molecule has 5 nitrogen and oxygen atoms in total. The largest absolute Gasteiger partial charge is 0.445 e. The van der Waals surface area contributed by atoms with E-state index in [-0.39, 0.29) is 25.3 Å². The van der Waals surface area contributed by atoms with E-state index >= 15 is 0 Å². The summed E-state index contributed by atoms with van der Waals surface area (Å²) in [5, 5.41) is 9.27. The number of nitrogens with zero attached hydrogens (tertiary/aromatic N) is 2. The second kappa shape index (κ2) is 8.39. The van der Waals surface area contributed by atoms with Gasteiger partial charge in [-0.1, -0.05) is 19.1 Å². The Morgan fingerprint density at radius 3 is 2.62 bits per heavy atom. The number of likely N-dealkylation sites (tertiary alicyclic amines) is 2. The summed E-state index contributed by atoms with van der Waals surface area (Å²) >= 11 is 0. The van der Waals surface area contributed by atoms with Gasteiger partial charge in [0.15, 0.2) is 0 Å². The van der Waals surface area contributed by atoms with Crippen molar-refractivity contribution < 1.29 is 14.6 Å². The van der Waals surface area contributed by atoms with Crippen LogP contribution in [0.15, 0.2) is 12.7 Å². The molecule has 2 heterocycles. The highest BCUT2D eigenvalue weighted by molar-refractivity contribution is 5.68. The summed E-state index contributed by atoms with van der Waals surface area (Å²) in [5.74, 6) is 0. The molecular weight excluding hydrogens is 268 g/mol. The molecule has 0 bridgehead atoms. The van der Waals surface area contributed by atoms with Gasteiger partial charge in [0.2, 0.25) is 0 Å². The van der Waals surface area contributed by atoms with Crippen molar-refractivity contribution >= 4 is 6.09 Å². The molecule has 5 heteroatoms. The Hall–Kier alpha value is -1.07. The number of carbonyl (C=O) groups is 1. The summed E-state index contributed by atoms with van der Waals surface area (Å²) in [6.07, 6.45) is 8.14. The van der Waals surface area contributed by atoms with Crippen LogP contribution in [0.5, 0.6) is 0 Å². The molecule has 0 aromatic carbocycles. The summed E-state index contributed by atoms with van der Waals surface area (Å²) in [6.45, 7) is 6.56. The zero-order valence-corrected chi connectivity index (χ0v) is 12.9. The minimum atomic E-state index is -0.214. The first-order valence-corrected chi connectivity index (χ1v) is 8.17. The van der Waals surface area contributed by atoms with E-state index in [1.54, 1.807) is 6.08 Å². The molecule has 0 aromatic heterocycles. The fourth-order valence-electron chi connectivity index (χ4n) is 3.66. The van der Waals surface area contributed by atoms with Crippen molar-refractivity contribution in [3.05, 3.63) is 12.7 Å². The first-order valence-electron chi connectivity index (χ1n) is 8.17. The molecule has 0 radical (unpaired) electrons. The van der Waals surface area contributed by atoms with E-state index in [0.29, 0.717) is 12.6 Å². The molecule has 0 saturated carbocycles. The van der Waals surface area contributed by atoms with Crippen LogP contribution in [0.1, 0.15) is 38.5 Å². The smallest absolute Gasteiger partial charge is 0.410 e. The maximum atomic E-state index is 12.3. The van der Waals surface area contributed by atoms with Crippen LogP contribution < -0.4 is 0 Å². The van der Waals surface area contributed by atoms with Gasteiger partial charge in [-0.2, -0.15) is 0 Å². The fraction of sp³-hybridized carbons (Fsp3) is 0.812. The van der Waals surface area contributed by atoms with Crippen molar-refractivity contribution in [2.24, 2.45) is 0 Å².